The average Bonchev–Trinajstić information content (AvgIpc) is 3.36. The van der Waals surface area contributed by atoms with Gasteiger partial charge < -0.3 is 20.1 Å². The standard InChI is InChI=1S/C61H114NO8P/c1-3-5-7-9-11-13-15-17-18-19-20-21-22-23-24-25-26-27-28-29-30-31-32-33-34-35-36-37-38-39-40-42-44-46-48-50-52-54-61(64)70-59(58-69-71(65,66)68-56-55-62)57-67-60(63)53-51-49-47-45-43-41-16-14-12-10-8-6-4-2/h8,10,14-17,19-20,59H,3-7,9,11-13,18,21-58,62H2,1-2H3,(H,65,66)/b10-8-,16-14-,17-15-,20-19-. The highest BCUT2D eigenvalue weighted by molar-refractivity contribution is 7.47. The van der Waals surface area contributed by atoms with Crippen molar-refractivity contribution in [2.75, 3.05) is 26.4 Å². The molecule has 0 spiro atoms. The monoisotopic (exact) mass is 1020 g/mol. The average molecular weight is 1020 g/mol. The Kier molecular flexibility index (Phi) is 55.6. The molecule has 416 valence electrons. The fourth-order valence-corrected chi connectivity index (χ4v) is 9.47. The van der Waals surface area contributed by atoms with E-state index in [4.69, 9.17) is 24.3 Å². The van der Waals surface area contributed by atoms with E-state index < -0.39 is 32.5 Å². The lowest BCUT2D eigenvalue weighted by molar-refractivity contribution is -0.161. The lowest BCUT2D eigenvalue weighted by atomic mass is 10.0. The zero-order valence-corrected chi connectivity index (χ0v) is 47.4. The molecule has 71 heavy (non-hydrogen) atoms. The molecule has 2 unspecified atom stereocenters. The second-order valence-corrected chi connectivity index (χ2v) is 21.7. The minimum atomic E-state index is -4.39. The molecule has 9 nitrogen and oxygen atoms in total. The summed E-state index contributed by atoms with van der Waals surface area (Å²) in [6, 6.07) is 0. The van der Waals surface area contributed by atoms with E-state index in [1.54, 1.807) is 0 Å². The van der Waals surface area contributed by atoms with Gasteiger partial charge in [-0.15, -0.1) is 0 Å². The van der Waals surface area contributed by atoms with Crippen LogP contribution in [0.3, 0.4) is 0 Å². The number of unbranched alkanes of at least 4 members (excludes halogenated alkanes) is 36. The van der Waals surface area contributed by atoms with Crippen LogP contribution < -0.4 is 5.73 Å². The zero-order chi connectivity index (χ0) is 51.7. The molecule has 0 amide bonds. The summed E-state index contributed by atoms with van der Waals surface area (Å²) in [6.07, 6.45) is 70.6. The Morgan fingerprint density at radius 2 is 0.761 bits per heavy atom. The molecule has 0 fully saturated rings. The first-order valence-electron chi connectivity index (χ1n) is 30.1. The van der Waals surface area contributed by atoms with Gasteiger partial charge in [0.15, 0.2) is 6.10 Å². The van der Waals surface area contributed by atoms with Crippen LogP contribution in [0.15, 0.2) is 48.6 Å². The Balaban J connectivity index is 3.77. The molecule has 0 aromatic carbocycles. The second kappa shape index (κ2) is 57.3. The van der Waals surface area contributed by atoms with Gasteiger partial charge in [-0.25, -0.2) is 4.57 Å². The molecule has 0 saturated heterocycles. The second-order valence-electron chi connectivity index (χ2n) is 20.2. The quantitative estimate of drug-likeness (QED) is 0.0264. The number of phosphoric acid groups is 1. The van der Waals surface area contributed by atoms with Crippen molar-refractivity contribution in [1.82, 2.24) is 0 Å². The van der Waals surface area contributed by atoms with Gasteiger partial charge in [0.2, 0.25) is 0 Å². The lowest BCUT2D eigenvalue weighted by Crippen LogP contribution is -2.29. The molecule has 0 aliphatic heterocycles. The highest BCUT2D eigenvalue weighted by Crippen LogP contribution is 2.43. The number of rotatable bonds is 57. The maximum absolute atomic E-state index is 12.7. The molecule has 2 atom stereocenters. The van der Waals surface area contributed by atoms with Gasteiger partial charge in [0.05, 0.1) is 13.2 Å². The van der Waals surface area contributed by atoms with Gasteiger partial charge in [0, 0.05) is 19.4 Å². The first kappa shape index (κ1) is 69.0. The number of allylic oxidation sites excluding steroid dienone is 8. The fraction of sp³-hybridized carbons (Fsp3) is 0.836. The molecule has 0 aliphatic rings. The molecule has 0 radical (unpaired) electrons. The van der Waals surface area contributed by atoms with Gasteiger partial charge in [-0.3, -0.25) is 18.6 Å². The van der Waals surface area contributed by atoms with E-state index >= 15 is 0 Å². The molecule has 0 bridgehead atoms. The number of phosphoric ester groups is 1. The van der Waals surface area contributed by atoms with Gasteiger partial charge in [-0.2, -0.15) is 0 Å². The molecule has 0 aromatic rings. The number of ether oxygens (including phenoxy) is 2. The van der Waals surface area contributed by atoms with Crippen LogP contribution in [0.5, 0.6) is 0 Å². The molecule has 10 heteroatoms. The third-order valence-corrected chi connectivity index (χ3v) is 14.2. The van der Waals surface area contributed by atoms with E-state index in [0.29, 0.717) is 6.42 Å². The fourth-order valence-electron chi connectivity index (χ4n) is 8.71. The maximum atomic E-state index is 12.7. The Bertz CT molecular complexity index is 1300. The van der Waals surface area contributed by atoms with Crippen LogP contribution in [0, 0.1) is 0 Å². The minimum Gasteiger partial charge on any atom is -0.462 e. The summed E-state index contributed by atoms with van der Waals surface area (Å²) < 4.78 is 32.9. The van der Waals surface area contributed by atoms with Crippen LogP contribution >= 0.6 is 7.82 Å². The first-order chi connectivity index (χ1) is 34.8. The van der Waals surface area contributed by atoms with Crippen molar-refractivity contribution in [3.63, 3.8) is 0 Å². The number of carbonyl (C=O) groups excluding carboxylic acids is 2. The summed E-state index contributed by atoms with van der Waals surface area (Å²) in [7, 11) is -4.39. The van der Waals surface area contributed by atoms with Gasteiger partial charge in [-0.1, -0.05) is 262 Å². The number of hydrogen-bond acceptors (Lipinski definition) is 8. The molecule has 0 rings (SSSR count). The van der Waals surface area contributed by atoms with Crippen molar-refractivity contribution < 1.29 is 37.6 Å². The highest BCUT2D eigenvalue weighted by Gasteiger charge is 2.26. The van der Waals surface area contributed by atoms with E-state index in [2.05, 4.69) is 62.5 Å². The van der Waals surface area contributed by atoms with Crippen LogP contribution in [0.2, 0.25) is 0 Å². The lowest BCUT2D eigenvalue weighted by Gasteiger charge is -2.19. The predicted octanol–water partition coefficient (Wildman–Crippen LogP) is 19.0. The molecule has 0 aliphatic carbocycles. The maximum Gasteiger partial charge on any atom is 0.472 e. The van der Waals surface area contributed by atoms with Crippen molar-refractivity contribution in [3.05, 3.63) is 48.6 Å². The van der Waals surface area contributed by atoms with E-state index in [1.165, 1.54) is 193 Å². The summed E-state index contributed by atoms with van der Waals surface area (Å²) in [5.74, 6) is -0.834. The van der Waals surface area contributed by atoms with Crippen molar-refractivity contribution in [2.24, 2.45) is 5.73 Å². The molecular weight excluding hydrogens is 906 g/mol. The van der Waals surface area contributed by atoms with Crippen LogP contribution in [0.25, 0.3) is 0 Å². The van der Waals surface area contributed by atoms with Gasteiger partial charge in [0.1, 0.15) is 6.61 Å². The van der Waals surface area contributed by atoms with E-state index in [9.17, 15) is 19.0 Å². The summed E-state index contributed by atoms with van der Waals surface area (Å²) in [5, 5.41) is 0. The number of esters is 2. The van der Waals surface area contributed by atoms with Crippen molar-refractivity contribution in [3.8, 4) is 0 Å². The molecule has 0 heterocycles. The zero-order valence-electron chi connectivity index (χ0n) is 46.5. The Labute approximate surface area is 438 Å². The third-order valence-electron chi connectivity index (χ3n) is 13.2. The topological polar surface area (TPSA) is 134 Å². The van der Waals surface area contributed by atoms with Crippen LogP contribution in [0.1, 0.15) is 296 Å². The Morgan fingerprint density at radius 1 is 0.423 bits per heavy atom. The SMILES string of the molecule is CCC/C=C\C/C=C\CCCCCCCC(=O)OCC(COP(=O)(O)OCCN)OC(=O)CCCCCCCCCCCCCCCCCCCCCCCCCCC/C=C\C/C=C\CCCCCCC. The number of hydrogen-bond donors (Lipinski definition) is 2. The smallest absolute Gasteiger partial charge is 0.462 e. The largest absolute Gasteiger partial charge is 0.472 e. The summed E-state index contributed by atoms with van der Waals surface area (Å²) in [5.41, 5.74) is 5.37. The molecule has 0 saturated carbocycles. The van der Waals surface area contributed by atoms with Gasteiger partial charge in [-0.05, 0) is 70.6 Å². The van der Waals surface area contributed by atoms with Crippen molar-refractivity contribution in [2.45, 2.75) is 302 Å². The summed E-state index contributed by atoms with van der Waals surface area (Å²) in [6.45, 7) is 3.68. The Morgan fingerprint density at radius 3 is 1.13 bits per heavy atom. The summed E-state index contributed by atoms with van der Waals surface area (Å²) in [4.78, 5) is 35.1. The minimum absolute atomic E-state index is 0.0520. The van der Waals surface area contributed by atoms with Gasteiger partial charge >= 0.3 is 19.8 Å². The third kappa shape index (κ3) is 57.1. The molecule has 0 aromatic heterocycles. The van der Waals surface area contributed by atoms with E-state index in [-0.39, 0.29) is 32.6 Å². The highest BCUT2D eigenvalue weighted by atomic mass is 31.2. The van der Waals surface area contributed by atoms with Crippen LogP contribution in [-0.2, 0) is 32.7 Å². The normalized spacial score (nSPS) is 13.4. The summed E-state index contributed by atoms with van der Waals surface area (Å²) >= 11 is 0. The number of carbonyl (C=O) groups is 2. The Hall–Kier alpha value is -2.03. The van der Waals surface area contributed by atoms with E-state index in [1.807, 2.05) is 0 Å². The van der Waals surface area contributed by atoms with E-state index in [0.717, 1.165) is 70.6 Å². The first-order valence-corrected chi connectivity index (χ1v) is 31.6. The van der Waals surface area contributed by atoms with Crippen LogP contribution in [-0.4, -0.2) is 49.3 Å². The molecule has 3 N–H and O–H groups in total. The van der Waals surface area contributed by atoms with Gasteiger partial charge in [0.25, 0.3) is 0 Å². The van der Waals surface area contributed by atoms with Crippen molar-refractivity contribution >= 4 is 19.8 Å². The molecular formula is C61H114NO8P. The number of nitrogens with two attached hydrogens (primary N) is 1. The van der Waals surface area contributed by atoms with Crippen molar-refractivity contribution in [1.29, 1.82) is 0 Å². The van der Waals surface area contributed by atoms with Crippen LogP contribution in [0.4, 0.5) is 0 Å². The predicted molar refractivity (Wildman–Crippen MR) is 303 cm³/mol.